The van der Waals surface area contributed by atoms with Gasteiger partial charge in [0, 0.05) is 11.3 Å². The lowest BCUT2D eigenvalue weighted by Gasteiger charge is -2.17. The molecule has 0 rings (SSSR count). The Balaban J connectivity index is 2.99. The van der Waals surface area contributed by atoms with Gasteiger partial charge in [-0.15, -0.1) is 0 Å². The molecule has 0 radical (unpaired) electrons. The molecule has 0 fully saturated rings. The van der Waals surface area contributed by atoms with Gasteiger partial charge in [0.05, 0.1) is 0 Å². The van der Waals surface area contributed by atoms with Crippen LogP contribution in [-0.2, 0) is 0 Å². The quantitative estimate of drug-likeness (QED) is 0.570. The Morgan fingerprint density at radius 3 is 2.00 bits per heavy atom. The van der Waals surface area contributed by atoms with Crippen LogP contribution in [-0.4, -0.2) is 17.0 Å². The average molecular weight is 231 g/mol. The van der Waals surface area contributed by atoms with Crippen molar-refractivity contribution in [2.45, 2.75) is 71.3 Å². The normalized spacial score (nSPS) is 12.0. The van der Waals surface area contributed by atoms with Gasteiger partial charge < -0.3 is 5.73 Å². The standard InChI is InChI=1S/C13H29NS/c1-4-5-6-7-8-9-10-11-15-12-13(2,3)14/h4-12,14H2,1-3H3. The average Bonchev–Trinajstić information content (AvgIpc) is 2.14. The van der Waals surface area contributed by atoms with Gasteiger partial charge in [-0.2, -0.15) is 11.8 Å². The summed E-state index contributed by atoms with van der Waals surface area (Å²) in [5, 5.41) is 0. The molecule has 2 heteroatoms. The molecule has 92 valence electrons. The van der Waals surface area contributed by atoms with Gasteiger partial charge in [0.1, 0.15) is 0 Å². The third kappa shape index (κ3) is 14.3. The zero-order valence-corrected chi connectivity index (χ0v) is 11.7. The fourth-order valence-electron chi connectivity index (χ4n) is 1.50. The molecule has 0 atom stereocenters. The van der Waals surface area contributed by atoms with Crippen LogP contribution in [0.2, 0.25) is 0 Å². The molecule has 0 amide bonds. The molecule has 0 aromatic carbocycles. The Hall–Kier alpha value is 0.310. The lowest BCUT2D eigenvalue weighted by molar-refractivity contribution is 0.589. The molecular weight excluding hydrogens is 202 g/mol. The predicted octanol–water partition coefficient (Wildman–Crippen LogP) is 4.21. The van der Waals surface area contributed by atoms with Crippen LogP contribution in [0, 0.1) is 0 Å². The minimum atomic E-state index is 0.00575. The Morgan fingerprint density at radius 1 is 0.933 bits per heavy atom. The highest BCUT2D eigenvalue weighted by molar-refractivity contribution is 7.99. The van der Waals surface area contributed by atoms with Crippen molar-refractivity contribution in [1.29, 1.82) is 0 Å². The second-order valence-electron chi connectivity index (χ2n) is 5.16. The minimum absolute atomic E-state index is 0.00575. The zero-order valence-electron chi connectivity index (χ0n) is 10.8. The fourth-order valence-corrected chi connectivity index (χ4v) is 2.58. The van der Waals surface area contributed by atoms with Gasteiger partial charge in [0.25, 0.3) is 0 Å². The van der Waals surface area contributed by atoms with Crippen LogP contribution in [0.4, 0.5) is 0 Å². The van der Waals surface area contributed by atoms with E-state index < -0.39 is 0 Å². The molecule has 0 heterocycles. The maximum Gasteiger partial charge on any atom is 0.0188 e. The molecule has 2 N–H and O–H groups in total. The summed E-state index contributed by atoms with van der Waals surface area (Å²) < 4.78 is 0. The third-order valence-corrected chi connectivity index (χ3v) is 3.89. The highest BCUT2D eigenvalue weighted by Gasteiger charge is 2.09. The summed E-state index contributed by atoms with van der Waals surface area (Å²) >= 11 is 2.00. The second-order valence-corrected chi connectivity index (χ2v) is 6.27. The number of nitrogens with two attached hydrogens (primary N) is 1. The van der Waals surface area contributed by atoms with Crippen molar-refractivity contribution < 1.29 is 0 Å². The molecule has 1 nitrogen and oxygen atoms in total. The zero-order chi connectivity index (χ0) is 11.6. The summed E-state index contributed by atoms with van der Waals surface area (Å²) in [6.07, 6.45) is 9.82. The van der Waals surface area contributed by atoms with Gasteiger partial charge in [-0.3, -0.25) is 0 Å². The van der Waals surface area contributed by atoms with Gasteiger partial charge in [-0.05, 0) is 26.0 Å². The van der Waals surface area contributed by atoms with Crippen molar-refractivity contribution in [1.82, 2.24) is 0 Å². The van der Waals surface area contributed by atoms with E-state index in [0.717, 1.165) is 5.75 Å². The van der Waals surface area contributed by atoms with E-state index in [9.17, 15) is 0 Å². The van der Waals surface area contributed by atoms with Crippen LogP contribution in [0.1, 0.15) is 65.7 Å². The summed E-state index contributed by atoms with van der Waals surface area (Å²) in [6.45, 7) is 6.47. The smallest absolute Gasteiger partial charge is 0.0188 e. The number of hydrogen-bond acceptors (Lipinski definition) is 2. The molecule has 0 unspecified atom stereocenters. The molecular formula is C13H29NS. The SMILES string of the molecule is CCCCCCCCCSCC(C)(C)N. The second kappa shape index (κ2) is 9.53. The highest BCUT2D eigenvalue weighted by Crippen LogP contribution is 2.13. The molecule has 0 saturated heterocycles. The lowest BCUT2D eigenvalue weighted by Crippen LogP contribution is -2.34. The minimum Gasteiger partial charge on any atom is -0.325 e. The number of thioether (sulfide) groups is 1. The number of unbranched alkanes of at least 4 members (excludes halogenated alkanes) is 6. The Bertz CT molecular complexity index is 129. The molecule has 0 aromatic heterocycles. The van der Waals surface area contributed by atoms with Crippen LogP contribution >= 0.6 is 11.8 Å². The van der Waals surface area contributed by atoms with Crippen LogP contribution in [0.15, 0.2) is 0 Å². The number of rotatable bonds is 10. The Labute approximate surface area is 101 Å². The van der Waals surface area contributed by atoms with Gasteiger partial charge in [-0.1, -0.05) is 45.4 Å². The first-order valence-corrected chi connectivity index (χ1v) is 7.58. The van der Waals surface area contributed by atoms with Crippen LogP contribution in [0.5, 0.6) is 0 Å². The van der Waals surface area contributed by atoms with Gasteiger partial charge in [0.15, 0.2) is 0 Å². The molecule has 15 heavy (non-hydrogen) atoms. The third-order valence-electron chi connectivity index (χ3n) is 2.37. The predicted molar refractivity (Wildman–Crippen MR) is 73.6 cm³/mol. The molecule has 0 aliphatic carbocycles. The summed E-state index contributed by atoms with van der Waals surface area (Å²) in [7, 11) is 0. The maximum absolute atomic E-state index is 5.91. The van der Waals surface area contributed by atoms with Crippen molar-refractivity contribution in [3.63, 3.8) is 0 Å². The van der Waals surface area contributed by atoms with Crippen molar-refractivity contribution in [3.8, 4) is 0 Å². The van der Waals surface area contributed by atoms with E-state index in [1.54, 1.807) is 0 Å². The van der Waals surface area contributed by atoms with Crippen molar-refractivity contribution in [2.75, 3.05) is 11.5 Å². The van der Waals surface area contributed by atoms with Crippen LogP contribution in [0.25, 0.3) is 0 Å². The van der Waals surface area contributed by atoms with Gasteiger partial charge in [0.2, 0.25) is 0 Å². The summed E-state index contributed by atoms with van der Waals surface area (Å²) in [6, 6.07) is 0. The molecule has 0 spiro atoms. The van der Waals surface area contributed by atoms with Crippen LogP contribution < -0.4 is 5.73 Å². The van der Waals surface area contributed by atoms with Gasteiger partial charge in [-0.25, -0.2) is 0 Å². The molecule has 0 aromatic rings. The molecule has 0 bridgehead atoms. The molecule has 0 aliphatic rings. The van der Waals surface area contributed by atoms with Crippen molar-refractivity contribution in [3.05, 3.63) is 0 Å². The first kappa shape index (κ1) is 15.3. The summed E-state index contributed by atoms with van der Waals surface area (Å²) in [5.74, 6) is 2.37. The fraction of sp³-hybridized carbons (Fsp3) is 1.00. The summed E-state index contributed by atoms with van der Waals surface area (Å²) in [4.78, 5) is 0. The van der Waals surface area contributed by atoms with Crippen LogP contribution in [0.3, 0.4) is 0 Å². The van der Waals surface area contributed by atoms with E-state index in [2.05, 4.69) is 20.8 Å². The number of hydrogen-bond donors (Lipinski definition) is 1. The maximum atomic E-state index is 5.91. The summed E-state index contributed by atoms with van der Waals surface area (Å²) in [5.41, 5.74) is 5.92. The van der Waals surface area contributed by atoms with E-state index in [1.165, 1.54) is 50.7 Å². The first-order valence-electron chi connectivity index (χ1n) is 6.43. The Kier molecular flexibility index (Phi) is 9.73. The van der Waals surface area contributed by atoms with Crippen molar-refractivity contribution >= 4 is 11.8 Å². The Morgan fingerprint density at radius 2 is 1.47 bits per heavy atom. The molecule has 0 saturated carbocycles. The van der Waals surface area contributed by atoms with E-state index in [-0.39, 0.29) is 5.54 Å². The highest BCUT2D eigenvalue weighted by atomic mass is 32.2. The van der Waals surface area contributed by atoms with Crippen molar-refractivity contribution in [2.24, 2.45) is 5.73 Å². The molecule has 0 aliphatic heterocycles. The van der Waals surface area contributed by atoms with Gasteiger partial charge >= 0.3 is 0 Å². The lowest BCUT2D eigenvalue weighted by atomic mass is 10.1. The van der Waals surface area contributed by atoms with E-state index in [4.69, 9.17) is 5.73 Å². The largest absolute Gasteiger partial charge is 0.325 e. The van der Waals surface area contributed by atoms with E-state index in [1.807, 2.05) is 11.8 Å². The topological polar surface area (TPSA) is 26.0 Å². The first-order chi connectivity index (χ1) is 7.06. The monoisotopic (exact) mass is 231 g/mol. The van der Waals surface area contributed by atoms with E-state index >= 15 is 0 Å². The van der Waals surface area contributed by atoms with E-state index in [0.29, 0.717) is 0 Å².